The van der Waals surface area contributed by atoms with Gasteiger partial charge in [0.25, 0.3) is 0 Å². The SMILES string of the molecule is Cc1c[n+]2c(nc1N1CCCC1)C=C2C1CCCCN1. The third kappa shape index (κ3) is 1.94. The molecule has 1 unspecified atom stereocenters. The van der Waals surface area contributed by atoms with Crippen LogP contribution >= 0.6 is 0 Å². The summed E-state index contributed by atoms with van der Waals surface area (Å²) in [6, 6.07) is 0.528. The summed E-state index contributed by atoms with van der Waals surface area (Å²) in [5.74, 6) is 2.32. The highest BCUT2D eigenvalue weighted by atomic mass is 15.2. The summed E-state index contributed by atoms with van der Waals surface area (Å²) in [6.07, 6.45) is 11.1. The van der Waals surface area contributed by atoms with Crippen molar-refractivity contribution in [2.24, 2.45) is 0 Å². The lowest BCUT2D eigenvalue weighted by Crippen LogP contribution is -2.53. The zero-order valence-corrected chi connectivity index (χ0v) is 12.2. The van der Waals surface area contributed by atoms with Crippen molar-refractivity contribution in [1.29, 1.82) is 0 Å². The van der Waals surface area contributed by atoms with Crippen LogP contribution in [-0.2, 0) is 0 Å². The van der Waals surface area contributed by atoms with Gasteiger partial charge in [0.05, 0.1) is 17.7 Å². The summed E-state index contributed by atoms with van der Waals surface area (Å²) in [7, 11) is 0. The van der Waals surface area contributed by atoms with Crippen LogP contribution in [0, 0.1) is 6.92 Å². The van der Waals surface area contributed by atoms with Gasteiger partial charge in [-0.05, 0) is 44.1 Å². The van der Waals surface area contributed by atoms with E-state index in [2.05, 4.69) is 34.0 Å². The molecule has 0 spiro atoms. The molecule has 4 heteroatoms. The first kappa shape index (κ1) is 12.3. The van der Waals surface area contributed by atoms with Gasteiger partial charge >= 0.3 is 5.82 Å². The molecule has 0 saturated carbocycles. The number of hydrogen-bond donors (Lipinski definition) is 1. The average Bonchev–Trinajstić information content (AvgIpc) is 2.98. The first-order valence-electron chi connectivity index (χ1n) is 7.96. The molecule has 4 heterocycles. The fourth-order valence-corrected chi connectivity index (χ4v) is 3.63. The number of hydrogen-bond acceptors (Lipinski definition) is 3. The molecule has 1 aromatic rings. The summed E-state index contributed by atoms with van der Waals surface area (Å²) < 4.78 is 2.29. The van der Waals surface area contributed by atoms with E-state index in [0.717, 1.165) is 25.5 Å². The summed E-state index contributed by atoms with van der Waals surface area (Å²) >= 11 is 0. The van der Waals surface area contributed by atoms with E-state index < -0.39 is 0 Å². The van der Waals surface area contributed by atoms with E-state index in [1.165, 1.54) is 49.2 Å². The van der Waals surface area contributed by atoms with Crippen LogP contribution < -0.4 is 14.8 Å². The maximum Gasteiger partial charge on any atom is 0.334 e. The van der Waals surface area contributed by atoms with Gasteiger partial charge in [-0.3, -0.25) is 0 Å². The highest BCUT2D eigenvalue weighted by molar-refractivity contribution is 5.71. The van der Waals surface area contributed by atoms with E-state index >= 15 is 0 Å². The molecule has 1 atom stereocenters. The molecule has 3 aliphatic heterocycles. The molecule has 2 saturated heterocycles. The highest BCUT2D eigenvalue weighted by Gasteiger charge is 2.35. The Kier molecular flexibility index (Phi) is 2.99. The molecule has 106 valence electrons. The van der Waals surface area contributed by atoms with E-state index in [4.69, 9.17) is 4.98 Å². The Balaban J connectivity index is 1.60. The number of nitrogens with zero attached hydrogens (tertiary/aromatic N) is 3. The van der Waals surface area contributed by atoms with Crippen molar-refractivity contribution in [3.63, 3.8) is 0 Å². The number of piperidine rings is 1. The summed E-state index contributed by atoms with van der Waals surface area (Å²) in [6.45, 7) is 5.67. The molecule has 0 radical (unpaired) electrons. The van der Waals surface area contributed by atoms with Crippen LogP contribution in [0.3, 0.4) is 0 Å². The fourth-order valence-electron chi connectivity index (χ4n) is 3.63. The average molecular weight is 271 g/mol. The number of anilines is 1. The van der Waals surface area contributed by atoms with Gasteiger partial charge in [0, 0.05) is 13.1 Å². The lowest BCUT2D eigenvalue weighted by molar-refractivity contribution is -0.602. The Bertz CT molecular complexity index is 552. The van der Waals surface area contributed by atoms with Gasteiger partial charge in [-0.2, -0.15) is 4.57 Å². The van der Waals surface area contributed by atoms with Gasteiger partial charge in [0.1, 0.15) is 11.9 Å². The normalized spacial score (nSPS) is 25.1. The molecular formula is C16H23N4+. The van der Waals surface area contributed by atoms with Crippen LogP contribution in [0.2, 0.25) is 0 Å². The Labute approximate surface area is 120 Å². The topological polar surface area (TPSA) is 32.0 Å². The van der Waals surface area contributed by atoms with Crippen molar-refractivity contribution in [1.82, 2.24) is 10.3 Å². The molecule has 3 aliphatic rings. The second-order valence-electron chi connectivity index (χ2n) is 6.24. The van der Waals surface area contributed by atoms with Crippen LogP contribution in [0.1, 0.15) is 43.5 Å². The van der Waals surface area contributed by atoms with E-state index in [-0.39, 0.29) is 0 Å². The monoisotopic (exact) mass is 271 g/mol. The smallest absolute Gasteiger partial charge is 0.334 e. The number of aryl methyl sites for hydroxylation is 1. The molecule has 20 heavy (non-hydrogen) atoms. The van der Waals surface area contributed by atoms with Crippen molar-refractivity contribution >= 4 is 17.6 Å². The van der Waals surface area contributed by atoms with Crippen molar-refractivity contribution in [2.45, 2.75) is 45.1 Å². The molecule has 0 aromatic carbocycles. The minimum absolute atomic E-state index is 0.528. The van der Waals surface area contributed by atoms with Crippen molar-refractivity contribution in [3.8, 4) is 0 Å². The van der Waals surface area contributed by atoms with Gasteiger partial charge in [-0.15, -0.1) is 0 Å². The van der Waals surface area contributed by atoms with Crippen molar-refractivity contribution < 1.29 is 4.57 Å². The molecule has 4 rings (SSSR count). The first-order chi connectivity index (χ1) is 9.83. The van der Waals surface area contributed by atoms with Gasteiger partial charge < -0.3 is 10.2 Å². The van der Waals surface area contributed by atoms with E-state index in [9.17, 15) is 0 Å². The molecule has 1 aromatic heterocycles. The summed E-state index contributed by atoms with van der Waals surface area (Å²) in [5.41, 5.74) is 2.71. The van der Waals surface area contributed by atoms with Crippen LogP contribution in [0.4, 0.5) is 5.82 Å². The van der Waals surface area contributed by atoms with Crippen LogP contribution in [0.15, 0.2) is 6.20 Å². The van der Waals surface area contributed by atoms with Crippen LogP contribution in [0.5, 0.6) is 0 Å². The first-order valence-corrected chi connectivity index (χ1v) is 7.96. The molecule has 4 nitrogen and oxygen atoms in total. The van der Waals surface area contributed by atoms with Crippen molar-refractivity contribution in [3.05, 3.63) is 17.6 Å². The highest BCUT2D eigenvalue weighted by Crippen LogP contribution is 2.27. The zero-order chi connectivity index (χ0) is 13.5. The lowest BCUT2D eigenvalue weighted by atomic mass is 9.98. The second kappa shape index (κ2) is 4.85. The third-order valence-electron chi connectivity index (χ3n) is 4.77. The van der Waals surface area contributed by atoms with Gasteiger partial charge in [0.2, 0.25) is 5.82 Å². The maximum atomic E-state index is 4.87. The third-order valence-corrected chi connectivity index (χ3v) is 4.77. The minimum atomic E-state index is 0.528. The Morgan fingerprint density at radius 1 is 1.25 bits per heavy atom. The standard InChI is InChI=1S/C16H23N4/c1-12-11-20-14(13-6-2-3-7-17-13)10-15(20)18-16(12)19-8-4-5-9-19/h10-11,13,17H,2-9H2,1H3/q+1. The number of aromatic nitrogens is 2. The second-order valence-corrected chi connectivity index (χ2v) is 6.24. The molecule has 0 bridgehead atoms. The molecule has 2 fully saturated rings. The Morgan fingerprint density at radius 3 is 2.85 bits per heavy atom. The van der Waals surface area contributed by atoms with E-state index in [1.807, 2.05) is 0 Å². The zero-order valence-electron chi connectivity index (χ0n) is 12.2. The van der Waals surface area contributed by atoms with Crippen LogP contribution in [0.25, 0.3) is 11.8 Å². The van der Waals surface area contributed by atoms with Crippen molar-refractivity contribution in [2.75, 3.05) is 24.5 Å². The van der Waals surface area contributed by atoms with Crippen LogP contribution in [-0.4, -0.2) is 30.7 Å². The quantitative estimate of drug-likeness (QED) is 0.831. The predicted molar refractivity (Wildman–Crippen MR) is 80.4 cm³/mol. The Hall–Kier alpha value is -1.42. The largest absolute Gasteiger partial charge is 0.336 e. The predicted octanol–water partition coefficient (Wildman–Crippen LogP) is 1.73. The molecule has 0 aliphatic carbocycles. The number of nitrogens with one attached hydrogen (secondary N) is 1. The summed E-state index contributed by atoms with van der Waals surface area (Å²) in [5, 5.41) is 3.62. The van der Waals surface area contributed by atoms with E-state index in [1.54, 1.807) is 0 Å². The maximum absolute atomic E-state index is 4.87. The van der Waals surface area contributed by atoms with Gasteiger partial charge in [-0.1, -0.05) is 6.42 Å². The summed E-state index contributed by atoms with van der Waals surface area (Å²) in [4.78, 5) is 7.30. The van der Waals surface area contributed by atoms with Gasteiger partial charge in [0.15, 0.2) is 0 Å². The minimum Gasteiger partial charge on any atom is -0.336 e. The molecule has 1 N–H and O–H groups in total. The lowest BCUT2D eigenvalue weighted by Gasteiger charge is -2.28. The Morgan fingerprint density at radius 2 is 2.10 bits per heavy atom. The fraction of sp³-hybridized carbons (Fsp3) is 0.625. The number of rotatable bonds is 2. The molecular weight excluding hydrogens is 248 g/mol. The van der Waals surface area contributed by atoms with Gasteiger partial charge in [-0.25, -0.2) is 0 Å². The van der Waals surface area contributed by atoms with E-state index in [0.29, 0.717) is 6.04 Å². The number of fused-ring (bicyclic) bond motifs is 1. The molecule has 0 amide bonds.